The fraction of sp³-hybridized carbons (Fsp3) is 0.182. The highest BCUT2D eigenvalue weighted by atomic mass is 32.2. The number of hydrogen-bond donors (Lipinski definition) is 1. The minimum Gasteiger partial charge on any atom is -0.491 e. The first-order valence-electron chi connectivity index (χ1n) is 8.99. The zero-order chi connectivity index (χ0) is 20.0. The van der Waals surface area contributed by atoms with E-state index in [9.17, 15) is 8.42 Å². The summed E-state index contributed by atoms with van der Waals surface area (Å²) in [6.45, 7) is 4.29. The first-order valence-corrected chi connectivity index (χ1v) is 10.5. The van der Waals surface area contributed by atoms with Crippen LogP contribution in [-0.2, 0) is 16.6 Å². The van der Waals surface area contributed by atoms with Crippen LogP contribution >= 0.6 is 0 Å². The monoisotopic (exact) mass is 397 g/mol. The highest BCUT2D eigenvalue weighted by molar-refractivity contribution is 7.92. The molecule has 0 aliphatic carbocycles. The third kappa shape index (κ3) is 5.50. The van der Waals surface area contributed by atoms with Gasteiger partial charge in [-0.05, 0) is 67.9 Å². The highest BCUT2D eigenvalue weighted by Crippen LogP contribution is 2.22. The van der Waals surface area contributed by atoms with Gasteiger partial charge in [-0.25, -0.2) is 8.42 Å². The van der Waals surface area contributed by atoms with Crippen LogP contribution in [0.3, 0.4) is 0 Å². The van der Waals surface area contributed by atoms with Crippen molar-refractivity contribution in [2.45, 2.75) is 31.5 Å². The molecule has 28 heavy (non-hydrogen) atoms. The quantitative estimate of drug-likeness (QED) is 0.590. The van der Waals surface area contributed by atoms with Gasteiger partial charge in [0.05, 0.1) is 11.0 Å². The van der Waals surface area contributed by atoms with Gasteiger partial charge in [-0.1, -0.05) is 30.3 Å². The van der Waals surface area contributed by atoms with E-state index in [0.717, 1.165) is 5.56 Å². The number of nitrogens with one attached hydrogen (secondary N) is 1. The molecule has 0 aliphatic heterocycles. The van der Waals surface area contributed by atoms with E-state index in [1.165, 1.54) is 12.1 Å². The second kappa shape index (κ2) is 8.80. The van der Waals surface area contributed by atoms with Crippen LogP contribution in [0.15, 0.2) is 83.8 Å². The molecule has 5 nitrogen and oxygen atoms in total. The second-order valence-corrected chi connectivity index (χ2v) is 8.22. The van der Waals surface area contributed by atoms with E-state index in [1.54, 1.807) is 36.4 Å². The van der Waals surface area contributed by atoms with Crippen LogP contribution in [0, 0.1) is 0 Å². The summed E-state index contributed by atoms with van der Waals surface area (Å²) in [4.78, 5) is 0.174. The van der Waals surface area contributed by atoms with Gasteiger partial charge < -0.3 is 9.47 Å². The average Bonchev–Trinajstić information content (AvgIpc) is 2.68. The van der Waals surface area contributed by atoms with Crippen molar-refractivity contribution < 1.29 is 17.9 Å². The molecule has 0 saturated heterocycles. The summed E-state index contributed by atoms with van der Waals surface area (Å²) in [7, 11) is -3.67. The Balaban J connectivity index is 1.62. The lowest BCUT2D eigenvalue weighted by Gasteiger charge is -2.12. The molecule has 146 valence electrons. The van der Waals surface area contributed by atoms with Crippen LogP contribution in [-0.4, -0.2) is 14.5 Å². The van der Waals surface area contributed by atoms with Crippen molar-refractivity contribution in [1.82, 2.24) is 0 Å². The van der Waals surface area contributed by atoms with E-state index >= 15 is 0 Å². The highest BCUT2D eigenvalue weighted by Gasteiger charge is 2.14. The van der Waals surface area contributed by atoms with Crippen LogP contribution in [0.4, 0.5) is 5.69 Å². The number of anilines is 1. The van der Waals surface area contributed by atoms with Crippen molar-refractivity contribution in [2.75, 3.05) is 4.72 Å². The molecule has 0 saturated carbocycles. The van der Waals surface area contributed by atoms with Crippen molar-refractivity contribution in [3.05, 3.63) is 84.4 Å². The number of hydrogen-bond acceptors (Lipinski definition) is 4. The lowest BCUT2D eigenvalue weighted by molar-refractivity contribution is 0.242. The molecule has 3 rings (SSSR count). The van der Waals surface area contributed by atoms with Gasteiger partial charge >= 0.3 is 0 Å². The maximum atomic E-state index is 12.5. The summed E-state index contributed by atoms with van der Waals surface area (Å²) in [6.07, 6.45) is 0.0307. The molecule has 0 aromatic heterocycles. The molecule has 0 bridgehead atoms. The van der Waals surface area contributed by atoms with E-state index in [2.05, 4.69) is 4.72 Å². The summed E-state index contributed by atoms with van der Waals surface area (Å²) < 4.78 is 38.9. The minimum atomic E-state index is -3.67. The summed E-state index contributed by atoms with van der Waals surface area (Å²) in [5.41, 5.74) is 1.53. The molecule has 0 amide bonds. The summed E-state index contributed by atoms with van der Waals surface area (Å²) >= 11 is 0. The van der Waals surface area contributed by atoms with Crippen molar-refractivity contribution >= 4 is 15.7 Å². The molecule has 0 heterocycles. The van der Waals surface area contributed by atoms with Crippen LogP contribution in [0.2, 0.25) is 0 Å². The predicted molar refractivity (Wildman–Crippen MR) is 110 cm³/mol. The van der Waals surface area contributed by atoms with Gasteiger partial charge in [-0.15, -0.1) is 0 Å². The normalized spacial score (nSPS) is 11.2. The molecule has 0 spiro atoms. The lowest BCUT2D eigenvalue weighted by atomic mass is 10.2. The number of benzene rings is 3. The fourth-order valence-electron chi connectivity index (χ4n) is 2.54. The Morgan fingerprint density at radius 1 is 0.821 bits per heavy atom. The minimum absolute atomic E-state index is 0.0307. The molecule has 0 fully saturated rings. The van der Waals surface area contributed by atoms with Crippen LogP contribution < -0.4 is 14.2 Å². The van der Waals surface area contributed by atoms with E-state index in [1.807, 2.05) is 44.2 Å². The third-order valence-electron chi connectivity index (χ3n) is 3.86. The van der Waals surface area contributed by atoms with Gasteiger partial charge in [0.15, 0.2) is 0 Å². The molecule has 0 atom stereocenters. The Morgan fingerprint density at radius 3 is 2.04 bits per heavy atom. The third-order valence-corrected chi connectivity index (χ3v) is 5.26. The van der Waals surface area contributed by atoms with Crippen molar-refractivity contribution in [2.24, 2.45) is 0 Å². The van der Waals surface area contributed by atoms with E-state index in [0.29, 0.717) is 23.8 Å². The molecular formula is C22H23NO4S. The topological polar surface area (TPSA) is 64.6 Å². The first-order chi connectivity index (χ1) is 13.4. The van der Waals surface area contributed by atoms with Gasteiger partial charge in [-0.2, -0.15) is 0 Å². The van der Waals surface area contributed by atoms with Crippen LogP contribution in [0.5, 0.6) is 11.5 Å². The predicted octanol–water partition coefficient (Wildman–Crippen LogP) is 4.85. The zero-order valence-corrected chi connectivity index (χ0v) is 16.6. The SMILES string of the molecule is CC(C)Oc1ccc(S(=O)(=O)Nc2ccc(OCc3ccccc3)cc2)cc1. The number of rotatable bonds is 8. The Hall–Kier alpha value is -2.99. The van der Waals surface area contributed by atoms with Crippen LogP contribution in [0.25, 0.3) is 0 Å². The van der Waals surface area contributed by atoms with Gasteiger partial charge in [0, 0.05) is 5.69 Å². The molecule has 0 unspecified atom stereocenters. The Bertz CT molecular complexity index is 983. The number of ether oxygens (including phenoxy) is 2. The average molecular weight is 397 g/mol. The molecule has 3 aromatic carbocycles. The van der Waals surface area contributed by atoms with Crippen LogP contribution in [0.1, 0.15) is 19.4 Å². The Labute approximate surface area is 166 Å². The van der Waals surface area contributed by atoms with Gasteiger partial charge in [0.25, 0.3) is 10.0 Å². The van der Waals surface area contributed by atoms with Gasteiger partial charge in [0.1, 0.15) is 18.1 Å². The largest absolute Gasteiger partial charge is 0.491 e. The molecular weight excluding hydrogens is 374 g/mol. The zero-order valence-electron chi connectivity index (χ0n) is 15.8. The molecule has 3 aromatic rings. The fourth-order valence-corrected chi connectivity index (χ4v) is 3.60. The molecule has 1 N–H and O–H groups in total. The summed E-state index contributed by atoms with van der Waals surface area (Å²) in [5.74, 6) is 1.30. The second-order valence-electron chi connectivity index (χ2n) is 6.54. The molecule has 0 aliphatic rings. The summed E-state index contributed by atoms with van der Waals surface area (Å²) in [5, 5.41) is 0. The number of sulfonamides is 1. The molecule has 0 radical (unpaired) electrons. The van der Waals surface area contributed by atoms with Crippen molar-refractivity contribution in [3.63, 3.8) is 0 Å². The van der Waals surface area contributed by atoms with Crippen molar-refractivity contribution in [1.29, 1.82) is 0 Å². The first kappa shape index (κ1) is 19.8. The maximum absolute atomic E-state index is 12.5. The Kier molecular flexibility index (Phi) is 6.21. The molecule has 6 heteroatoms. The smallest absolute Gasteiger partial charge is 0.261 e. The lowest BCUT2D eigenvalue weighted by Crippen LogP contribution is -2.13. The van der Waals surface area contributed by atoms with Gasteiger partial charge in [0.2, 0.25) is 0 Å². The standard InChI is InChI=1S/C22H23NO4S/c1-17(2)27-21-12-14-22(15-13-21)28(24,25)23-19-8-10-20(11-9-19)26-16-18-6-4-3-5-7-18/h3-15,17,23H,16H2,1-2H3. The van der Waals surface area contributed by atoms with E-state index < -0.39 is 10.0 Å². The summed E-state index contributed by atoms with van der Waals surface area (Å²) in [6, 6.07) is 23.0. The maximum Gasteiger partial charge on any atom is 0.261 e. The van der Waals surface area contributed by atoms with Crippen molar-refractivity contribution in [3.8, 4) is 11.5 Å². The van der Waals surface area contributed by atoms with E-state index in [4.69, 9.17) is 9.47 Å². The van der Waals surface area contributed by atoms with E-state index in [-0.39, 0.29) is 11.0 Å². The Morgan fingerprint density at radius 2 is 1.43 bits per heavy atom. The van der Waals surface area contributed by atoms with Gasteiger partial charge in [-0.3, -0.25) is 4.72 Å².